The van der Waals surface area contributed by atoms with Crippen molar-refractivity contribution in [3.05, 3.63) is 35.6 Å². The molecule has 2 heterocycles. The van der Waals surface area contributed by atoms with E-state index in [1.807, 2.05) is 20.8 Å². The van der Waals surface area contributed by atoms with Gasteiger partial charge >= 0.3 is 0 Å². The molecule has 1 N–H and O–H groups in total. The minimum absolute atomic E-state index is 0.0111. The van der Waals surface area contributed by atoms with Gasteiger partial charge in [-0.1, -0.05) is 5.16 Å². The summed E-state index contributed by atoms with van der Waals surface area (Å²) in [6.45, 7) is 6.67. The number of aromatic nitrogens is 3. The van der Waals surface area contributed by atoms with Crippen molar-refractivity contribution in [3.63, 3.8) is 0 Å². The lowest BCUT2D eigenvalue weighted by Crippen LogP contribution is -2.23. The van der Waals surface area contributed by atoms with Crippen LogP contribution in [0.1, 0.15) is 42.8 Å². The smallest absolute Gasteiger partial charge is 0.251 e. The predicted octanol–water partition coefficient (Wildman–Crippen LogP) is 1.72. The van der Waals surface area contributed by atoms with Crippen LogP contribution in [0.25, 0.3) is 0 Å². The van der Waals surface area contributed by atoms with E-state index in [0.717, 1.165) is 0 Å². The number of hydrogen-bond donors (Lipinski definition) is 1. The van der Waals surface area contributed by atoms with Crippen LogP contribution in [0.4, 0.5) is 0 Å². The third-order valence-electron chi connectivity index (χ3n) is 2.70. The fraction of sp³-hybridized carbons (Fsp3) is 0.467. The molecule has 0 aliphatic heterocycles. The molecule has 0 aromatic carbocycles. The third kappa shape index (κ3) is 5.33. The number of rotatable bonds is 8. The molecule has 0 fully saturated rings. The summed E-state index contributed by atoms with van der Waals surface area (Å²) in [6, 6.07) is 3.19. The number of pyridine rings is 1. The van der Waals surface area contributed by atoms with E-state index >= 15 is 0 Å². The van der Waals surface area contributed by atoms with E-state index in [1.54, 1.807) is 12.1 Å². The second-order valence-electron chi connectivity index (χ2n) is 4.97. The second-order valence-corrected chi connectivity index (χ2v) is 4.97. The molecule has 0 spiro atoms. The highest BCUT2D eigenvalue weighted by Gasteiger charge is 2.11. The van der Waals surface area contributed by atoms with E-state index < -0.39 is 0 Å². The Bertz CT molecular complexity index is 642. The molecule has 2 aromatic rings. The summed E-state index contributed by atoms with van der Waals surface area (Å²) in [5.74, 6) is 0.906. The first kappa shape index (κ1) is 16.9. The van der Waals surface area contributed by atoms with Gasteiger partial charge in [0.05, 0.1) is 12.6 Å². The van der Waals surface area contributed by atoms with Crippen LogP contribution in [0.15, 0.2) is 22.9 Å². The fourth-order valence-electron chi connectivity index (χ4n) is 1.73. The number of ether oxygens (including phenoxy) is 2. The zero-order chi connectivity index (χ0) is 16.7. The van der Waals surface area contributed by atoms with Crippen molar-refractivity contribution in [2.24, 2.45) is 0 Å². The Balaban J connectivity index is 1.90. The van der Waals surface area contributed by atoms with E-state index in [2.05, 4.69) is 20.4 Å². The SMILES string of the molecule is CCOCc1noc(CNC(=O)c2ccnc(OC(C)C)c2)n1. The van der Waals surface area contributed by atoms with E-state index in [9.17, 15) is 4.79 Å². The van der Waals surface area contributed by atoms with Crippen molar-refractivity contribution in [3.8, 4) is 5.88 Å². The van der Waals surface area contributed by atoms with Crippen molar-refractivity contribution in [1.82, 2.24) is 20.4 Å². The Morgan fingerprint density at radius 3 is 3.00 bits per heavy atom. The van der Waals surface area contributed by atoms with Crippen LogP contribution in [0.2, 0.25) is 0 Å². The van der Waals surface area contributed by atoms with Gasteiger partial charge in [0.1, 0.15) is 6.61 Å². The standard InChI is InChI=1S/C15H20N4O4/c1-4-21-9-12-18-14(23-19-12)8-17-15(20)11-5-6-16-13(7-11)22-10(2)3/h5-7,10H,4,8-9H2,1-3H3,(H,17,20). The molecule has 2 aromatic heterocycles. The van der Waals surface area contributed by atoms with Gasteiger partial charge in [-0.25, -0.2) is 4.98 Å². The highest BCUT2D eigenvalue weighted by Crippen LogP contribution is 2.11. The summed E-state index contributed by atoms with van der Waals surface area (Å²) in [6.07, 6.45) is 1.52. The maximum atomic E-state index is 12.1. The molecule has 8 nitrogen and oxygen atoms in total. The summed E-state index contributed by atoms with van der Waals surface area (Å²) in [5.41, 5.74) is 0.449. The minimum atomic E-state index is -0.273. The molecule has 0 saturated carbocycles. The van der Waals surface area contributed by atoms with E-state index in [1.165, 1.54) is 6.20 Å². The Morgan fingerprint density at radius 2 is 2.26 bits per heavy atom. The Hall–Kier alpha value is -2.48. The summed E-state index contributed by atoms with van der Waals surface area (Å²) in [5, 5.41) is 6.46. The molecule has 0 saturated heterocycles. The Kier molecular flexibility index (Phi) is 6.04. The summed E-state index contributed by atoms with van der Waals surface area (Å²) in [4.78, 5) is 20.3. The second kappa shape index (κ2) is 8.23. The topological polar surface area (TPSA) is 99.4 Å². The third-order valence-corrected chi connectivity index (χ3v) is 2.70. The van der Waals surface area contributed by atoms with Gasteiger partial charge in [-0.15, -0.1) is 0 Å². The molecule has 0 atom stereocenters. The molecular weight excluding hydrogens is 300 g/mol. The quantitative estimate of drug-likeness (QED) is 0.790. The van der Waals surface area contributed by atoms with E-state index in [0.29, 0.717) is 29.8 Å². The number of nitrogens with zero attached hydrogens (tertiary/aromatic N) is 3. The normalized spacial score (nSPS) is 10.8. The van der Waals surface area contributed by atoms with Crippen molar-refractivity contribution in [1.29, 1.82) is 0 Å². The zero-order valence-corrected chi connectivity index (χ0v) is 13.4. The number of carbonyl (C=O) groups is 1. The number of nitrogens with one attached hydrogen (secondary N) is 1. The van der Waals surface area contributed by atoms with Crippen LogP contribution < -0.4 is 10.1 Å². The van der Waals surface area contributed by atoms with Crippen molar-refractivity contribution < 1.29 is 18.8 Å². The van der Waals surface area contributed by atoms with Gasteiger partial charge in [0.15, 0.2) is 5.82 Å². The van der Waals surface area contributed by atoms with Crippen molar-refractivity contribution in [2.45, 2.75) is 40.0 Å². The summed E-state index contributed by atoms with van der Waals surface area (Å²) >= 11 is 0. The molecule has 0 aliphatic rings. The molecule has 2 rings (SSSR count). The highest BCUT2D eigenvalue weighted by molar-refractivity contribution is 5.94. The highest BCUT2D eigenvalue weighted by atomic mass is 16.5. The first-order valence-electron chi connectivity index (χ1n) is 7.38. The number of carbonyl (C=O) groups excluding carboxylic acids is 1. The molecule has 23 heavy (non-hydrogen) atoms. The first-order chi connectivity index (χ1) is 11.1. The lowest BCUT2D eigenvalue weighted by Gasteiger charge is -2.09. The average molecular weight is 320 g/mol. The van der Waals surface area contributed by atoms with Gasteiger partial charge in [-0.3, -0.25) is 4.79 Å². The Morgan fingerprint density at radius 1 is 1.43 bits per heavy atom. The number of amides is 1. The summed E-state index contributed by atoms with van der Waals surface area (Å²) in [7, 11) is 0. The van der Waals surface area contributed by atoms with E-state index in [4.69, 9.17) is 14.0 Å². The molecule has 0 radical (unpaired) electrons. The number of hydrogen-bond acceptors (Lipinski definition) is 7. The van der Waals surface area contributed by atoms with Crippen LogP contribution in [0.5, 0.6) is 5.88 Å². The first-order valence-corrected chi connectivity index (χ1v) is 7.38. The van der Waals surface area contributed by atoms with Crippen LogP contribution in [-0.2, 0) is 17.9 Å². The molecule has 8 heteroatoms. The summed E-state index contributed by atoms with van der Waals surface area (Å²) < 4.78 is 15.7. The van der Waals surface area contributed by atoms with Crippen LogP contribution in [0, 0.1) is 0 Å². The van der Waals surface area contributed by atoms with Crippen molar-refractivity contribution in [2.75, 3.05) is 6.61 Å². The average Bonchev–Trinajstić information content (AvgIpc) is 2.98. The molecule has 1 amide bonds. The monoisotopic (exact) mass is 320 g/mol. The largest absolute Gasteiger partial charge is 0.475 e. The molecule has 0 aliphatic carbocycles. The predicted molar refractivity (Wildman–Crippen MR) is 80.8 cm³/mol. The molecule has 124 valence electrons. The maximum absolute atomic E-state index is 12.1. The minimum Gasteiger partial charge on any atom is -0.475 e. The molecule has 0 bridgehead atoms. The lowest BCUT2D eigenvalue weighted by molar-refractivity contribution is 0.0945. The van der Waals surface area contributed by atoms with Crippen LogP contribution in [0.3, 0.4) is 0 Å². The van der Waals surface area contributed by atoms with Gasteiger partial charge in [0.2, 0.25) is 11.8 Å². The van der Waals surface area contributed by atoms with Crippen molar-refractivity contribution >= 4 is 5.91 Å². The van der Waals surface area contributed by atoms with Gasteiger partial charge < -0.3 is 19.3 Å². The van der Waals surface area contributed by atoms with Gasteiger partial charge in [-0.2, -0.15) is 4.98 Å². The molecular formula is C15H20N4O4. The molecule has 0 unspecified atom stereocenters. The fourth-order valence-corrected chi connectivity index (χ4v) is 1.73. The van der Waals surface area contributed by atoms with Crippen LogP contribution in [-0.4, -0.2) is 33.7 Å². The van der Waals surface area contributed by atoms with E-state index in [-0.39, 0.29) is 25.2 Å². The van der Waals surface area contributed by atoms with Gasteiger partial charge in [0, 0.05) is 24.4 Å². The van der Waals surface area contributed by atoms with Gasteiger partial charge in [0.25, 0.3) is 5.91 Å². The lowest BCUT2D eigenvalue weighted by atomic mass is 10.2. The maximum Gasteiger partial charge on any atom is 0.251 e. The van der Waals surface area contributed by atoms with Crippen LogP contribution >= 0.6 is 0 Å². The van der Waals surface area contributed by atoms with Gasteiger partial charge in [-0.05, 0) is 26.8 Å². The zero-order valence-electron chi connectivity index (χ0n) is 13.4. The Labute approximate surface area is 134 Å².